The van der Waals surface area contributed by atoms with Crippen molar-refractivity contribution in [3.8, 4) is 0 Å². The number of nitrogens with two attached hydrogens (primary N) is 1. The highest BCUT2D eigenvalue weighted by atomic mass is 15.3. The second-order valence-corrected chi connectivity index (χ2v) is 5.63. The Morgan fingerprint density at radius 1 is 1.12 bits per heavy atom. The Balaban J connectivity index is 2.56. The second-order valence-electron chi connectivity index (χ2n) is 5.63. The summed E-state index contributed by atoms with van der Waals surface area (Å²) in [5, 5.41) is 0. The summed E-state index contributed by atoms with van der Waals surface area (Å²) in [5.41, 5.74) is 6.41. The van der Waals surface area contributed by atoms with Crippen LogP contribution in [0.4, 0.5) is 0 Å². The maximum Gasteiger partial charge on any atom is 0.0278 e. The van der Waals surface area contributed by atoms with Gasteiger partial charge in [-0.15, -0.1) is 0 Å². The third-order valence-electron chi connectivity index (χ3n) is 4.38. The Labute approximate surface area is 101 Å². The summed E-state index contributed by atoms with van der Waals surface area (Å²) in [4.78, 5) is 5.01. The van der Waals surface area contributed by atoms with Crippen LogP contribution >= 0.6 is 0 Å². The lowest BCUT2D eigenvalue weighted by Gasteiger charge is -2.45. The molecule has 1 heterocycles. The van der Waals surface area contributed by atoms with E-state index >= 15 is 0 Å². The lowest BCUT2D eigenvalue weighted by Crippen LogP contribution is -2.59. The van der Waals surface area contributed by atoms with Crippen LogP contribution in [0.2, 0.25) is 0 Å². The minimum Gasteiger partial charge on any atom is -0.324 e. The van der Waals surface area contributed by atoms with Crippen molar-refractivity contribution < 1.29 is 0 Å². The van der Waals surface area contributed by atoms with Crippen LogP contribution in [0.15, 0.2) is 0 Å². The van der Waals surface area contributed by atoms with Gasteiger partial charge in [0, 0.05) is 37.3 Å². The van der Waals surface area contributed by atoms with Gasteiger partial charge in [0.25, 0.3) is 0 Å². The average Bonchev–Trinajstić information content (AvgIpc) is 2.25. The fourth-order valence-corrected chi connectivity index (χ4v) is 2.56. The van der Waals surface area contributed by atoms with Crippen LogP contribution in [0, 0.1) is 0 Å². The summed E-state index contributed by atoms with van der Waals surface area (Å²) in [5.74, 6) is 0. The molecule has 0 bridgehead atoms. The topological polar surface area (TPSA) is 32.5 Å². The largest absolute Gasteiger partial charge is 0.324 e. The molecule has 2 unspecified atom stereocenters. The van der Waals surface area contributed by atoms with E-state index in [0.29, 0.717) is 12.1 Å². The van der Waals surface area contributed by atoms with Gasteiger partial charge < -0.3 is 5.73 Å². The SMILES string of the molecule is CCC(N)(CC)CN1CC(C)N(C)C(C)C1. The fourth-order valence-electron chi connectivity index (χ4n) is 2.56. The summed E-state index contributed by atoms with van der Waals surface area (Å²) in [7, 11) is 2.22. The van der Waals surface area contributed by atoms with Crippen LogP contribution in [0.3, 0.4) is 0 Å². The van der Waals surface area contributed by atoms with Gasteiger partial charge in [-0.2, -0.15) is 0 Å². The van der Waals surface area contributed by atoms with Gasteiger partial charge in [-0.3, -0.25) is 9.80 Å². The Morgan fingerprint density at radius 2 is 1.56 bits per heavy atom. The van der Waals surface area contributed by atoms with Crippen molar-refractivity contribution in [3.63, 3.8) is 0 Å². The molecule has 0 aliphatic carbocycles. The molecule has 1 fully saturated rings. The third kappa shape index (κ3) is 3.19. The van der Waals surface area contributed by atoms with E-state index in [2.05, 4.69) is 44.5 Å². The number of likely N-dealkylation sites (N-methyl/N-ethyl adjacent to an activating group) is 1. The first kappa shape index (κ1) is 13.9. The highest BCUT2D eigenvalue weighted by Gasteiger charge is 2.31. The standard InChI is InChI=1S/C13H29N3/c1-6-13(14,7-2)10-16-8-11(3)15(5)12(4)9-16/h11-12H,6-10,14H2,1-5H3. The number of piperazine rings is 1. The van der Waals surface area contributed by atoms with E-state index in [4.69, 9.17) is 5.73 Å². The van der Waals surface area contributed by atoms with Gasteiger partial charge in [-0.25, -0.2) is 0 Å². The van der Waals surface area contributed by atoms with E-state index in [1.165, 1.54) is 0 Å². The molecule has 0 saturated carbocycles. The first-order valence-corrected chi connectivity index (χ1v) is 6.65. The number of rotatable bonds is 4. The van der Waals surface area contributed by atoms with E-state index in [1.54, 1.807) is 0 Å². The van der Waals surface area contributed by atoms with Crippen molar-refractivity contribution in [1.29, 1.82) is 0 Å². The maximum atomic E-state index is 6.40. The van der Waals surface area contributed by atoms with E-state index in [9.17, 15) is 0 Å². The van der Waals surface area contributed by atoms with Gasteiger partial charge in [0.15, 0.2) is 0 Å². The van der Waals surface area contributed by atoms with Crippen molar-refractivity contribution >= 4 is 0 Å². The Hall–Kier alpha value is -0.120. The van der Waals surface area contributed by atoms with E-state index in [-0.39, 0.29) is 5.54 Å². The number of hydrogen-bond acceptors (Lipinski definition) is 3. The van der Waals surface area contributed by atoms with E-state index in [1.807, 2.05) is 0 Å². The summed E-state index contributed by atoms with van der Waals surface area (Å²) in [6.07, 6.45) is 2.14. The molecule has 1 aliphatic rings. The highest BCUT2D eigenvalue weighted by molar-refractivity contribution is 4.90. The molecule has 0 aromatic carbocycles. The molecule has 96 valence electrons. The predicted octanol–water partition coefficient (Wildman–Crippen LogP) is 1.53. The van der Waals surface area contributed by atoms with E-state index in [0.717, 1.165) is 32.5 Å². The van der Waals surface area contributed by atoms with Crippen molar-refractivity contribution in [2.24, 2.45) is 5.73 Å². The molecule has 0 aromatic rings. The van der Waals surface area contributed by atoms with Crippen molar-refractivity contribution in [2.75, 3.05) is 26.7 Å². The first-order chi connectivity index (χ1) is 7.41. The molecule has 0 radical (unpaired) electrons. The summed E-state index contributed by atoms with van der Waals surface area (Å²) in [6.45, 7) is 12.4. The molecule has 1 saturated heterocycles. The van der Waals surface area contributed by atoms with Crippen LogP contribution in [0.5, 0.6) is 0 Å². The van der Waals surface area contributed by atoms with Gasteiger partial charge in [0.2, 0.25) is 0 Å². The molecule has 3 heteroatoms. The molecule has 2 atom stereocenters. The molecule has 0 amide bonds. The molecule has 0 spiro atoms. The van der Waals surface area contributed by atoms with Crippen LogP contribution in [-0.4, -0.2) is 54.1 Å². The normalized spacial score (nSPS) is 29.6. The van der Waals surface area contributed by atoms with Gasteiger partial charge >= 0.3 is 0 Å². The maximum absolute atomic E-state index is 6.40. The molecular formula is C13H29N3. The fraction of sp³-hybridized carbons (Fsp3) is 1.00. The van der Waals surface area contributed by atoms with Crippen molar-refractivity contribution in [2.45, 2.75) is 58.2 Å². The molecule has 3 nitrogen and oxygen atoms in total. The predicted molar refractivity (Wildman–Crippen MR) is 70.6 cm³/mol. The molecule has 1 rings (SSSR count). The lowest BCUT2D eigenvalue weighted by atomic mass is 9.92. The van der Waals surface area contributed by atoms with Crippen LogP contribution in [0.25, 0.3) is 0 Å². The molecule has 16 heavy (non-hydrogen) atoms. The highest BCUT2D eigenvalue weighted by Crippen LogP contribution is 2.18. The zero-order chi connectivity index (χ0) is 12.3. The van der Waals surface area contributed by atoms with Crippen LogP contribution in [-0.2, 0) is 0 Å². The van der Waals surface area contributed by atoms with Crippen molar-refractivity contribution in [3.05, 3.63) is 0 Å². The van der Waals surface area contributed by atoms with Crippen LogP contribution < -0.4 is 5.73 Å². The zero-order valence-electron chi connectivity index (χ0n) is 11.7. The Bertz CT molecular complexity index is 201. The first-order valence-electron chi connectivity index (χ1n) is 6.65. The summed E-state index contributed by atoms with van der Waals surface area (Å²) < 4.78 is 0. The van der Waals surface area contributed by atoms with E-state index < -0.39 is 0 Å². The molecule has 2 N–H and O–H groups in total. The monoisotopic (exact) mass is 227 g/mol. The average molecular weight is 227 g/mol. The summed E-state index contributed by atoms with van der Waals surface area (Å²) >= 11 is 0. The molecule has 0 aromatic heterocycles. The molecule has 1 aliphatic heterocycles. The number of nitrogens with zero attached hydrogens (tertiary/aromatic N) is 2. The van der Waals surface area contributed by atoms with Gasteiger partial charge in [0.1, 0.15) is 0 Å². The number of hydrogen-bond donors (Lipinski definition) is 1. The smallest absolute Gasteiger partial charge is 0.0278 e. The van der Waals surface area contributed by atoms with Crippen LogP contribution in [0.1, 0.15) is 40.5 Å². The van der Waals surface area contributed by atoms with Gasteiger partial charge in [0.05, 0.1) is 0 Å². The Kier molecular flexibility index (Phi) is 4.77. The van der Waals surface area contributed by atoms with Gasteiger partial charge in [-0.1, -0.05) is 13.8 Å². The zero-order valence-corrected chi connectivity index (χ0v) is 11.7. The van der Waals surface area contributed by atoms with Crippen molar-refractivity contribution in [1.82, 2.24) is 9.80 Å². The third-order valence-corrected chi connectivity index (χ3v) is 4.38. The Morgan fingerprint density at radius 3 is 1.94 bits per heavy atom. The minimum atomic E-state index is 0.00928. The lowest BCUT2D eigenvalue weighted by molar-refractivity contribution is 0.0452. The molecular weight excluding hydrogens is 198 g/mol. The quantitative estimate of drug-likeness (QED) is 0.790. The second kappa shape index (κ2) is 5.48. The summed E-state index contributed by atoms with van der Waals surface area (Å²) in [6, 6.07) is 1.28. The van der Waals surface area contributed by atoms with Gasteiger partial charge in [-0.05, 0) is 33.7 Å². The minimum absolute atomic E-state index is 0.00928.